The largest absolute Gasteiger partial charge is 0.494 e. The minimum Gasteiger partial charge on any atom is -0.494 e. The summed E-state index contributed by atoms with van der Waals surface area (Å²) in [5.41, 5.74) is 2.11. The summed E-state index contributed by atoms with van der Waals surface area (Å²) in [6.07, 6.45) is 2.55. The second-order valence-corrected chi connectivity index (χ2v) is 9.47. The maximum absolute atomic E-state index is 11.7. The minimum atomic E-state index is -0.355. The van der Waals surface area contributed by atoms with Gasteiger partial charge in [-0.25, -0.2) is 0 Å². The highest BCUT2D eigenvalue weighted by Gasteiger charge is 2.42. The van der Waals surface area contributed by atoms with Crippen LogP contribution in [-0.2, 0) is 20.8 Å². The Morgan fingerprint density at radius 2 is 1.77 bits per heavy atom. The van der Waals surface area contributed by atoms with E-state index in [0.717, 1.165) is 42.6 Å². The molecule has 4 rings (SSSR count). The van der Waals surface area contributed by atoms with Crippen LogP contribution in [0.5, 0.6) is 5.75 Å². The van der Waals surface area contributed by atoms with Gasteiger partial charge in [-0.05, 0) is 61.4 Å². The van der Waals surface area contributed by atoms with Gasteiger partial charge in [0.05, 0.1) is 17.6 Å². The normalized spacial score (nSPS) is 23.7. The van der Waals surface area contributed by atoms with Crippen molar-refractivity contribution in [1.82, 2.24) is 10.2 Å². The molecular formula is C27H32N2O5S. The highest BCUT2D eigenvalue weighted by Crippen LogP contribution is 2.29. The van der Waals surface area contributed by atoms with Gasteiger partial charge >= 0.3 is 0 Å². The van der Waals surface area contributed by atoms with Crippen molar-refractivity contribution in [3.8, 4) is 5.75 Å². The van der Waals surface area contributed by atoms with Crippen LogP contribution in [0, 0.1) is 0 Å². The van der Waals surface area contributed by atoms with Gasteiger partial charge in [0.2, 0.25) is 0 Å². The lowest BCUT2D eigenvalue weighted by Gasteiger charge is -2.28. The van der Waals surface area contributed by atoms with E-state index in [-0.39, 0.29) is 29.4 Å². The fourth-order valence-corrected chi connectivity index (χ4v) is 5.26. The summed E-state index contributed by atoms with van der Waals surface area (Å²) >= 11 is 0.912. The summed E-state index contributed by atoms with van der Waals surface area (Å²) in [5, 5.41) is 1.92. The van der Waals surface area contributed by atoms with Crippen LogP contribution in [0.3, 0.4) is 0 Å². The van der Waals surface area contributed by atoms with Gasteiger partial charge in [-0.3, -0.25) is 19.8 Å². The van der Waals surface area contributed by atoms with Crippen LogP contribution < -0.4 is 10.1 Å². The highest BCUT2D eigenvalue weighted by molar-refractivity contribution is 8.18. The smallest absolute Gasteiger partial charge is 0.290 e. The molecule has 2 heterocycles. The van der Waals surface area contributed by atoms with Crippen molar-refractivity contribution < 1.29 is 23.8 Å². The Morgan fingerprint density at radius 3 is 2.43 bits per heavy atom. The number of likely N-dealkylation sites (tertiary alicyclic amines) is 1. The van der Waals surface area contributed by atoms with Crippen molar-refractivity contribution in [3.63, 3.8) is 0 Å². The summed E-state index contributed by atoms with van der Waals surface area (Å²) in [4.78, 5) is 25.9. The number of carbonyl (C=O) groups is 2. The van der Waals surface area contributed by atoms with Crippen molar-refractivity contribution >= 4 is 29.0 Å². The van der Waals surface area contributed by atoms with Crippen LogP contribution in [0.2, 0.25) is 0 Å². The van der Waals surface area contributed by atoms with Crippen LogP contribution >= 0.6 is 11.8 Å². The summed E-state index contributed by atoms with van der Waals surface area (Å²) in [6.45, 7) is 7.57. The first-order chi connectivity index (χ1) is 17.1. The van der Waals surface area contributed by atoms with Crippen LogP contribution in [0.25, 0.3) is 6.08 Å². The molecule has 0 aromatic heterocycles. The summed E-state index contributed by atoms with van der Waals surface area (Å²) in [5.74, 6) is 0.403. The van der Waals surface area contributed by atoms with E-state index in [1.165, 1.54) is 5.56 Å². The van der Waals surface area contributed by atoms with Crippen molar-refractivity contribution in [3.05, 3.63) is 70.6 Å². The topological polar surface area (TPSA) is 77.1 Å². The van der Waals surface area contributed by atoms with Crippen LogP contribution in [0.4, 0.5) is 4.79 Å². The molecule has 8 heteroatoms. The molecule has 3 atom stereocenters. The van der Waals surface area contributed by atoms with Crippen molar-refractivity contribution in [2.75, 3.05) is 26.4 Å². The quantitative estimate of drug-likeness (QED) is 0.460. The van der Waals surface area contributed by atoms with Gasteiger partial charge in [0, 0.05) is 32.3 Å². The standard InChI is InChI=1S/C27H32N2O5S/c1-3-32-23-18-29(17-20-8-6-5-7-9-20)22(25(23)33-4-2)14-15-34-21-12-10-19(11-13-21)16-24-26(30)28-27(31)35-24/h5-13,16,22-23,25H,3-4,14-15,17-18H2,1-2H3,(H,28,30,31)/b24-16-/t22-,23+,25-/m0/s1. The van der Waals surface area contributed by atoms with E-state index >= 15 is 0 Å². The maximum Gasteiger partial charge on any atom is 0.290 e. The molecule has 1 N–H and O–H groups in total. The molecule has 2 amide bonds. The predicted molar refractivity (Wildman–Crippen MR) is 137 cm³/mol. The second-order valence-electron chi connectivity index (χ2n) is 8.45. The van der Waals surface area contributed by atoms with Crippen molar-refractivity contribution in [2.45, 2.75) is 45.1 Å². The van der Waals surface area contributed by atoms with Crippen LogP contribution in [0.1, 0.15) is 31.4 Å². The van der Waals surface area contributed by atoms with Gasteiger partial charge in [0.25, 0.3) is 11.1 Å². The van der Waals surface area contributed by atoms with Crippen LogP contribution in [-0.4, -0.2) is 60.7 Å². The number of carbonyl (C=O) groups excluding carboxylic acids is 2. The van der Waals surface area contributed by atoms with Gasteiger partial charge in [-0.2, -0.15) is 0 Å². The number of nitrogens with one attached hydrogen (secondary N) is 1. The highest BCUT2D eigenvalue weighted by atomic mass is 32.2. The molecule has 0 spiro atoms. The number of rotatable bonds is 11. The Kier molecular flexibility index (Phi) is 8.98. The van der Waals surface area contributed by atoms with Gasteiger partial charge in [-0.1, -0.05) is 42.5 Å². The zero-order chi connectivity index (χ0) is 24.6. The van der Waals surface area contributed by atoms with Gasteiger partial charge in [0.15, 0.2) is 0 Å². The lowest BCUT2D eigenvalue weighted by molar-refractivity contribution is -0.115. The molecule has 2 aromatic rings. The number of nitrogens with zero attached hydrogens (tertiary/aromatic N) is 1. The van der Waals surface area contributed by atoms with E-state index in [1.54, 1.807) is 6.08 Å². The molecule has 2 aliphatic rings. The molecule has 0 aliphatic carbocycles. The minimum absolute atomic E-state index is 0.000897. The molecule has 0 radical (unpaired) electrons. The Hall–Kier alpha value is -2.65. The molecule has 2 aromatic carbocycles. The average molecular weight is 497 g/mol. The van der Waals surface area contributed by atoms with E-state index in [0.29, 0.717) is 24.7 Å². The van der Waals surface area contributed by atoms with Crippen LogP contribution in [0.15, 0.2) is 59.5 Å². The average Bonchev–Trinajstić information content (AvgIpc) is 3.34. The van der Waals surface area contributed by atoms with Gasteiger partial charge in [-0.15, -0.1) is 0 Å². The number of hydrogen-bond donors (Lipinski definition) is 1. The Labute approximate surface area is 210 Å². The first kappa shape index (κ1) is 25.4. The molecule has 0 saturated carbocycles. The van der Waals surface area contributed by atoms with E-state index in [9.17, 15) is 9.59 Å². The Balaban J connectivity index is 1.38. The summed E-state index contributed by atoms with van der Waals surface area (Å²) in [6, 6.07) is 18.2. The number of imide groups is 1. The van der Waals surface area contributed by atoms with Crippen molar-refractivity contribution in [2.24, 2.45) is 0 Å². The third-order valence-electron chi connectivity index (χ3n) is 6.10. The molecular weight excluding hydrogens is 464 g/mol. The fourth-order valence-electron chi connectivity index (χ4n) is 4.58. The third kappa shape index (κ3) is 6.73. The Bertz CT molecular complexity index is 1030. The van der Waals surface area contributed by atoms with Gasteiger partial charge in [0.1, 0.15) is 11.9 Å². The molecule has 0 unspecified atom stereocenters. The molecule has 2 aliphatic heterocycles. The van der Waals surface area contributed by atoms with Crippen molar-refractivity contribution in [1.29, 1.82) is 0 Å². The lowest BCUT2D eigenvalue weighted by atomic mass is 10.1. The lowest BCUT2D eigenvalue weighted by Crippen LogP contribution is -2.39. The first-order valence-corrected chi connectivity index (χ1v) is 12.9. The zero-order valence-electron chi connectivity index (χ0n) is 20.1. The molecule has 35 heavy (non-hydrogen) atoms. The second kappa shape index (κ2) is 12.4. The number of benzene rings is 2. The molecule has 186 valence electrons. The molecule has 2 saturated heterocycles. The predicted octanol–water partition coefficient (Wildman–Crippen LogP) is 4.47. The van der Waals surface area contributed by atoms with E-state index in [1.807, 2.05) is 44.2 Å². The van der Waals surface area contributed by atoms with E-state index in [2.05, 4.69) is 34.5 Å². The fraction of sp³-hybridized carbons (Fsp3) is 0.407. The molecule has 0 bridgehead atoms. The van der Waals surface area contributed by atoms with E-state index in [4.69, 9.17) is 14.2 Å². The number of amides is 2. The molecule has 7 nitrogen and oxygen atoms in total. The SMILES string of the molecule is CCO[C@@H]1[C@H](OCC)CN(Cc2ccccc2)[C@H]1CCOc1ccc(/C=C2\SC(=O)NC2=O)cc1. The third-order valence-corrected chi connectivity index (χ3v) is 6.91. The Morgan fingerprint density at radius 1 is 1.03 bits per heavy atom. The van der Waals surface area contributed by atoms with E-state index < -0.39 is 0 Å². The maximum atomic E-state index is 11.7. The monoisotopic (exact) mass is 496 g/mol. The van der Waals surface area contributed by atoms with Gasteiger partial charge < -0.3 is 14.2 Å². The zero-order valence-corrected chi connectivity index (χ0v) is 21.0. The summed E-state index contributed by atoms with van der Waals surface area (Å²) in [7, 11) is 0. The summed E-state index contributed by atoms with van der Waals surface area (Å²) < 4.78 is 18.3. The number of thioether (sulfide) groups is 1. The first-order valence-electron chi connectivity index (χ1n) is 12.1. The number of ether oxygens (including phenoxy) is 3. The molecule has 2 fully saturated rings. The number of hydrogen-bond acceptors (Lipinski definition) is 7.